The maximum atomic E-state index is 6.11. The second kappa shape index (κ2) is 4.32. The SMILES string of the molecule is Cc1ccc(Br)c(C2OC(C)(C)C(C)(C)O2)c1C. The van der Waals surface area contributed by atoms with Gasteiger partial charge in [0.1, 0.15) is 0 Å². The van der Waals surface area contributed by atoms with Gasteiger partial charge in [0.05, 0.1) is 11.2 Å². The van der Waals surface area contributed by atoms with Crippen LogP contribution >= 0.6 is 15.9 Å². The van der Waals surface area contributed by atoms with Gasteiger partial charge in [0.2, 0.25) is 0 Å². The van der Waals surface area contributed by atoms with Crippen LogP contribution in [0, 0.1) is 13.8 Å². The Balaban J connectivity index is 2.44. The van der Waals surface area contributed by atoms with E-state index in [-0.39, 0.29) is 17.5 Å². The Labute approximate surface area is 118 Å². The summed E-state index contributed by atoms with van der Waals surface area (Å²) < 4.78 is 13.3. The van der Waals surface area contributed by atoms with Crippen LogP contribution in [0.2, 0.25) is 0 Å². The van der Waals surface area contributed by atoms with Gasteiger partial charge in [0, 0.05) is 10.0 Å². The summed E-state index contributed by atoms with van der Waals surface area (Å²) >= 11 is 3.61. The monoisotopic (exact) mass is 312 g/mol. The van der Waals surface area contributed by atoms with Crippen LogP contribution in [0.25, 0.3) is 0 Å². The van der Waals surface area contributed by atoms with Crippen molar-refractivity contribution in [3.05, 3.63) is 33.3 Å². The molecule has 1 aliphatic rings. The average molecular weight is 313 g/mol. The first-order valence-electron chi connectivity index (χ1n) is 6.27. The average Bonchev–Trinajstić information content (AvgIpc) is 2.43. The highest BCUT2D eigenvalue weighted by molar-refractivity contribution is 9.10. The van der Waals surface area contributed by atoms with E-state index in [2.05, 4.69) is 69.6 Å². The summed E-state index contributed by atoms with van der Waals surface area (Å²) in [4.78, 5) is 0. The van der Waals surface area contributed by atoms with Gasteiger partial charge in [-0.25, -0.2) is 0 Å². The highest BCUT2D eigenvalue weighted by atomic mass is 79.9. The third-order valence-electron chi connectivity index (χ3n) is 4.22. The zero-order valence-electron chi connectivity index (χ0n) is 11.9. The number of ether oxygens (including phenoxy) is 2. The fraction of sp³-hybridized carbons (Fsp3) is 0.600. The van der Waals surface area contributed by atoms with Crippen molar-refractivity contribution >= 4 is 15.9 Å². The van der Waals surface area contributed by atoms with Gasteiger partial charge in [-0.15, -0.1) is 0 Å². The first kappa shape index (κ1) is 14.0. The van der Waals surface area contributed by atoms with Crippen LogP contribution in [0.3, 0.4) is 0 Å². The van der Waals surface area contributed by atoms with Crippen molar-refractivity contribution in [2.24, 2.45) is 0 Å². The number of aryl methyl sites for hydroxylation is 1. The highest BCUT2D eigenvalue weighted by Gasteiger charge is 2.50. The molecule has 0 unspecified atom stereocenters. The molecule has 0 atom stereocenters. The Bertz CT molecular complexity index is 462. The molecule has 1 heterocycles. The standard InChI is InChI=1S/C15H21BrO2/c1-9-7-8-11(16)12(10(9)2)13-17-14(3,4)15(5,6)18-13/h7-8,13H,1-6H3. The van der Waals surface area contributed by atoms with E-state index in [1.54, 1.807) is 0 Å². The van der Waals surface area contributed by atoms with Gasteiger partial charge in [0.25, 0.3) is 0 Å². The summed E-state index contributed by atoms with van der Waals surface area (Å²) in [5.74, 6) is 0. The fourth-order valence-electron chi connectivity index (χ4n) is 2.05. The molecule has 0 spiro atoms. The molecular formula is C15H21BrO2. The van der Waals surface area contributed by atoms with Crippen LogP contribution in [0.5, 0.6) is 0 Å². The molecule has 1 aromatic rings. The third-order valence-corrected chi connectivity index (χ3v) is 4.91. The minimum absolute atomic E-state index is 0.298. The smallest absolute Gasteiger partial charge is 0.186 e. The van der Waals surface area contributed by atoms with E-state index in [1.165, 1.54) is 11.1 Å². The Morgan fingerprint density at radius 2 is 1.50 bits per heavy atom. The normalized spacial score (nSPS) is 22.4. The van der Waals surface area contributed by atoms with Crippen LogP contribution in [-0.2, 0) is 9.47 Å². The predicted octanol–water partition coefficient (Wildman–Crippen LogP) is 4.67. The van der Waals surface area contributed by atoms with Crippen LogP contribution in [0.4, 0.5) is 0 Å². The van der Waals surface area contributed by atoms with Gasteiger partial charge in [0.15, 0.2) is 6.29 Å². The molecule has 0 amide bonds. The van der Waals surface area contributed by atoms with E-state index in [0.717, 1.165) is 10.0 Å². The molecule has 0 radical (unpaired) electrons. The molecule has 0 saturated carbocycles. The number of halogens is 1. The highest BCUT2D eigenvalue weighted by Crippen LogP contribution is 2.47. The Hall–Kier alpha value is -0.380. The van der Waals surface area contributed by atoms with Crippen LogP contribution < -0.4 is 0 Å². The molecule has 1 aliphatic heterocycles. The molecule has 1 aromatic carbocycles. The number of rotatable bonds is 1. The van der Waals surface area contributed by atoms with E-state index in [4.69, 9.17) is 9.47 Å². The zero-order valence-corrected chi connectivity index (χ0v) is 13.5. The van der Waals surface area contributed by atoms with E-state index in [9.17, 15) is 0 Å². The van der Waals surface area contributed by atoms with Gasteiger partial charge >= 0.3 is 0 Å². The quantitative estimate of drug-likeness (QED) is 0.750. The molecule has 0 aromatic heterocycles. The third kappa shape index (κ3) is 2.13. The van der Waals surface area contributed by atoms with Gasteiger partial charge in [-0.2, -0.15) is 0 Å². The maximum Gasteiger partial charge on any atom is 0.186 e. The number of hydrogen-bond donors (Lipinski definition) is 0. The molecule has 2 rings (SSSR count). The summed E-state index contributed by atoms with van der Waals surface area (Å²) in [6.07, 6.45) is -0.302. The van der Waals surface area contributed by atoms with Crippen molar-refractivity contribution in [2.75, 3.05) is 0 Å². The van der Waals surface area contributed by atoms with Gasteiger partial charge in [-0.05, 0) is 58.7 Å². The van der Waals surface area contributed by atoms with Gasteiger partial charge < -0.3 is 9.47 Å². The van der Waals surface area contributed by atoms with Crippen LogP contribution in [0.15, 0.2) is 16.6 Å². The molecule has 1 saturated heterocycles. The van der Waals surface area contributed by atoms with Crippen molar-refractivity contribution in [3.8, 4) is 0 Å². The van der Waals surface area contributed by atoms with Crippen molar-refractivity contribution in [1.82, 2.24) is 0 Å². The summed E-state index contributed by atoms with van der Waals surface area (Å²) in [7, 11) is 0. The Morgan fingerprint density at radius 1 is 1.00 bits per heavy atom. The molecule has 0 N–H and O–H groups in total. The van der Waals surface area contributed by atoms with E-state index < -0.39 is 0 Å². The van der Waals surface area contributed by atoms with Crippen molar-refractivity contribution in [1.29, 1.82) is 0 Å². The lowest BCUT2D eigenvalue weighted by molar-refractivity contribution is -0.0904. The lowest BCUT2D eigenvalue weighted by Crippen LogP contribution is -2.41. The summed E-state index contributed by atoms with van der Waals surface area (Å²) in [6, 6.07) is 4.16. The van der Waals surface area contributed by atoms with Gasteiger partial charge in [-0.1, -0.05) is 22.0 Å². The van der Waals surface area contributed by atoms with Crippen molar-refractivity contribution in [3.63, 3.8) is 0 Å². The molecule has 18 heavy (non-hydrogen) atoms. The molecule has 1 fully saturated rings. The maximum absolute atomic E-state index is 6.11. The fourth-order valence-corrected chi connectivity index (χ4v) is 2.67. The topological polar surface area (TPSA) is 18.5 Å². The minimum atomic E-state index is -0.302. The lowest BCUT2D eigenvalue weighted by atomic mass is 9.90. The molecule has 2 nitrogen and oxygen atoms in total. The Kier molecular flexibility index (Phi) is 3.37. The second-order valence-electron chi connectivity index (χ2n) is 5.99. The van der Waals surface area contributed by atoms with E-state index in [0.29, 0.717) is 0 Å². The lowest BCUT2D eigenvalue weighted by Gasteiger charge is -2.30. The molecule has 100 valence electrons. The Morgan fingerprint density at radius 3 is 2.00 bits per heavy atom. The first-order chi connectivity index (χ1) is 8.16. The molecule has 3 heteroatoms. The largest absolute Gasteiger partial charge is 0.339 e. The van der Waals surface area contributed by atoms with Crippen molar-refractivity contribution < 1.29 is 9.47 Å². The second-order valence-corrected chi connectivity index (χ2v) is 6.85. The van der Waals surface area contributed by atoms with Crippen molar-refractivity contribution in [2.45, 2.75) is 59.0 Å². The molecule has 0 aliphatic carbocycles. The molecular weight excluding hydrogens is 292 g/mol. The van der Waals surface area contributed by atoms with E-state index >= 15 is 0 Å². The molecule has 0 bridgehead atoms. The van der Waals surface area contributed by atoms with Crippen LogP contribution in [0.1, 0.15) is 50.7 Å². The van der Waals surface area contributed by atoms with Crippen LogP contribution in [-0.4, -0.2) is 11.2 Å². The summed E-state index contributed by atoms with van der Waals surface area (Å²) in [5.41, 5.74) is 2.99. The summed E-state index contributed by atoms with van der Waals surface area (Å²) in [5, 5.41) is 0. The first-order valence-corrected chi connectivity index (χ1v) is 7.06. The van der Waals surface area contributed by atoms with E-state index in [1.807, 2.05) is 0 Å². The number of benzene rings is 1. The predicted molar refractivity (Wildman–Crippen MR) is 76.7 cm³/mol. The summed E-state index contributed by atoms with van der Waals surface area (Å²) in [6.45, 7) is 12.5. The number of hydrogen-bond acceptors (Lipinski definition) is 2. The zero-order chi connectivity index (χ0) is 13.7. The minimum Gasteiger partial charge on any atom is -0.339 e. The van der Waals surface area contributed by atoms with Gasteiger partial charge in [-0.3, -0.25) is 0 Å².